The van der Waals surface area contributed by atoms with Crippen molar-refractivity contribution in [2.45, 2.75) is 64.3 Å². The molecule has 11 heteroatoms. The van der Waals surface area contributed by atoms with Gasteiger partial charge in [-0.15, -0.1) is 11.3 Å². The van der Waals surface area contributed by atoms with Crippen LogP contribution >= 0.6 is 11.3 Å². The van der Waals surface area contributed by atoms with Crippen molar-refractivity contribution in [3.05, 3.63) is 117 Å². The molecule has 0 saturated heterocycles. The van der Waals surface area contributed by atoms with Gasteiger partial charge in [0.25, 0.3) is 11.8 Å². The fourth-order valence-corrected chi connectivity index (χ4v) is 7.12. The summed E-state index contributed by atoms with van der Waals surface area (Å²) < 4.78 is 9.37. The molecular formula is C39H41N3O7S. The second kappa shape index (κ2) is 17.4. The summed E-state index contributed by atoms with van der Waals surface area (Å²) in [4.78, 5) is 63.5. The zero-order valence-electron chi connectivity index (χ0n) is 28.3. The molecule has 1 aliphatic rings. The number of anilines is 2. The first-order chi connectivity index (χ1) is 24.2. The standard InChI is InChI=1S/C39H41N3O7S/c1-48-34(44)12-6-11-33(43)40-24-27-7-5-8-29(23-27)36(45)42-38-35(31-9-3-4-10-32(31)50-38)37(46)41-30-21-17-26(18-22-30)14-13-25-15-19-28(20-16-25)39(47)49-2/h5,7-8,15-23H,3-4,6,9-14,24H2,1-2H3,(H,40,43)(H,41,46)(H,42,45). The lowest BCUT2D eigenvalue weighted by molar-refractivity contribution is -0.140. The first-order valence-electron chi connectivity index (χ1n) is 16.7. The van der Waals surface area contributed by atoms with Crippen LogP contribution < -0.4 is 16.0 Å². The third-order valence-corrected chi connectivity index (χ3v) is 9.81. The summed E-state index contributed by atoms with van der Waals surface area (Å²) in [6.45, 7) is 0.238. The summed E-state index contributed by atoms with van der Waals surface area (Å²) in [6, 6.07) is 22.1. The number of amides is 3. The van der Waals surface area contributed by atoms with E-state index in [9.17, 15) is 24.0 Å². The lowest BCUT2D eigenvalue weighted by atomic mass is 9.95. The van der Waals surface area contributed by atoms with E-state index in [0.717, 1.165) is 65.7 Å². The number of esters is 2. The van der Waals surface area contributed by atoms with E-state index in [2.05, 4.69) is 20.7 Å². The minimum absolute atomic E-state index is 0.177. The fourth-order valence-electron chi connectivity index (χ4n) is 5.84. The minimum Gasteiger partial charge on any atom is -0.469 e. The van der Waals surface area contributed by atoms with Gasteiger partial charge in [-0.1, -0.05) is 36.4 Å². The first-order valence-corrected chi connectivity index (χ1v) is 17.5. The summed E-state index contributed by atoms with van der Waals surface area (Å²) >= 11 is 1.46. The normalized spacial score (nSPS) is 12.0. The smallest absolute Gasteiger partial charge is 0.337 e. The Hall–Kier alpha value is -5.29. The molecule has 0 fully saturated rings. The molecule has 5 rings (SSSR count). The SMILES string of the molecule is COC(=O)CCCC(=O)NCc1cccc(C(=O)Nc2sc3c(c2C(=O)Nc2ccc(CCc4ccc(C(=O)OC)cc4)cc2)CCCC3)c1. The van der Waals surface area contributed by atoms with Gasteiger partial charge < -0.3 is 25.4 Å². The van der Waals surface area contributed by atoms with Gasteiger partial charge in [0.05, 0.1) is 25.3 Å². The maximum Gasteiger partial charge on any atom is 0.337 e. The molecule has 0 unspecified atom stereocenters. The predicted octanol–water partition coefficient (Wildman–Crippen LogP) is 6.66. The lowest BCUT2D eigenvalue weighted by Gasteiger charge is -2.14. The minimum atomic E-state index is -0.358. The molecule has 0 saturated carbocycles. The van der Waals surface area contributed by atoms with E-state index < -0.39 is 0 Å². The number of methoxy groups -OCH3 is 2. The second-order valence-corrected chi connectivity index (χ2v) is 13.2. The van der Waals surface area contributed by atoms with E-state index in [4.69, 9.17) is 4.74 Å². The largest absolute Gasteiger partial charge is 0.469 e. The zero-order chi connectivity index (χ0) is 35.5. The molecule has 260 valence electrons. The Bertz CT molecular complexity index is 1850. The molecule has 1 aromatic heterocycles. The first kappa shape index (κ1) is 36.0. The quantitative estimate of drug-likeness (QED) is 0.125. The van der Waals surface area contributed by atoms with E-state index in [1.807, 2.05) is 42.5 Å². The van der Waals surface area contributed by atoms with Gasteiger partial charge in [-0.05, 0) is 104 Å². The molecule has 1 aliphatic carbocycles. The number of carbonyl (C=O) groups excluding carboxylic acids is 5. The van der Waals surface area contributed by atoms with Crippen LogP contribution in [0.2, 0.25) is 0 Å². The van der Waals surface area contributed by atoms with Gasteiger partial charge in [0, 0.05) is 35.5 Å². The van der Waals surface area contributed by atoms with Crippen molar-refractivity contribution in [1.29, 1.82) is 0 Å². The van der Waals surface area contributed by atoms with Crippen molar-refractivity contribution in [3.63, 3.8) is 0 Å². The lowest BCUT2D eigenvalue weighted by Crippen LogP contribution is -2.23. The van der Waals surface area contributed by atoms with Gasteiger partial charge in [0.15, 0.2) is 0 Å². The third-order valence-electron chi connectivity index (χ3n) is 8.61. The molecule has 50 heavy (non-hydrogen) atoms. The predicted molar refractivity (Wildman–Crippen MR) is 193 cm³/mol. The van der Waals surface area contributed by atoms with Gasteiger partial charge >= 0.3 is 11.9 Å². The molecule has 4 aromatic rings. The topological polar surface area (TPSA) is 140 Å². The Morgan fingerprint density at radius 3 is 2.12 bits per heavy atom. The summed E-state index contributed by atoms with van der Waals surface area (Å²) in [7, 11) is 2.68. The van der Waals surface area contributed by atoms with Gasteiger partial charge in [0.2, 0.25) is 5.91 Å². The molecule has 0 bridgehead atoms. The average molecular weight is 696 g/mol. The maximum atomic E-state index is 13.8. The van der Waals surface area contributed by atoms with E-state index in [1.165, 1.54) is 25.6 Å². The van der Waals surface area contributed by atoms with Gasteiger partial charge in [0.1, 0.15) is 5.00 Å². The van der Waals surface area contributed by atoms with Gasteiger partial charge in [-0.3, -0.25) is 19.2 Å². The number of hydrogen-bond donors (Lipinski definition) is 3. The van der Waals surface area contributed by atoms with Crippen molar-refractivity contribution in [1.82, 2.24) is 5.32 Å². The van der Waals surface area contributed by atoms with E-state index in [0.29, 0.717) is 33.8 Å². The number of fused-ring (bicyclic) bond motifs is 1. The van der Waals surface area contributed by atoms with E-state index >= 15 is 0 Å². The Kier molecular flexibility index (Phi) is 12.5. The van der Waals surface area contributed by atoms with Gasteiger partial charge in [-0.2, -0.15) is 0 Å². The Labute approximate surface area is 295 Å². The van der Waals surface area contributed by atoms with Crippen molar-refractivity contribution in [3.8, 4) is 0 Å². The highest BCUT2D eigenvalue weighted by molar-refractivity contribution is 7.17. The van der Waals surface area contributed by atoms with Crippen LogP contribution in [0.25, 0.3) is 0 Å². The highest BCUT2D eigenvalue weighted by Crippen LogP contribution is 2.39. The van der Waals surface area contributed by atoms with Gasteiger partial charge in [-0.25, -0.2) is 4.79 Å². The molecule has 10 nitrogen and oxygen atoms in total. The number of benzene rings is 3. The van der Waals surface area contributed by atoms with Crippen LogP contribution in [0.15, 0.2) is 72.8 Å². The molecule has 0 aliphatic heterocycles. The molecule has 3 amide bonds. The zero-order valence-corrected chi connectivity index (χ0v) is 29.1. The van der Waals surface area contributed by atoms with Crippen molar-refractivity contribution < 1.29 is 33.4 Å². The molecular weight excluding hydrogens is 655 g/mol. The monoisotopic (exact) mass is 695 g/mol. The highest BCUT2D eigenvalue weighted by Gasteiger charge is 2.27. The average Bonchev–Trinajstić information content (AvgIpc) is 3.51. The van der Waals surface area contributed by atoms with E-state index in [1.54, 1.807) is 30.3 Å². The summed E-state index contributed by atoms with van der Waals surface area (Å²) in [5.74, 6) is -1.51. The maximum absolute atomic E-state index is 13.8. The number of hydrogen-bond acceptors (Lipinski definition) is 8. The Balaban J connectivity index is 1.20. The van der Waals surface area contributed by atoms with E-state index in [-0.39, 0.29) is 49.0 Å². The number of aryl methyl sites for hydroxylation is 3. The fraction of sp³-hybridized carbons (Fsp3) is 0.308. The van der Waals surface area contributed by atoms with Crippen LogP contribution in [0.4, 0.5) is 10.7 Å². The number of rotatable bonds is 14. The second-order valence-electron chi connectivity index (χ2n) is 12.1. The van der Waals surface area contributed by atoms with Crippen LogP contribution in [0.1, 0.15) is 90.3 Å². The number of ether oxygens (including phenoxy) is 2. The Morgan fingerprint density at radius 2 is 1.42 bits per heavy atom. The number of thiophene rings is 1. The third kappa shape index (κ3) is 9.66. The van der Waals surface area contributed by atoms with Crippen molar-refractivity contribution in [2.75, 3.05) is 24.9 Å². The molecule has 0 spiro atoms. The molecule has 1 heterocycles. The molecule has 0 radical (unpaired) electrons. The van der Waals surface area contributed by atoms with Crippen LogP contribution in [-0.2, 0) is 51.3 Å². The summed E-state index contributed by atoms with van der Waals surface area (Å²) in [6.07, 6.45) is 6.02. The van der Waals surface area contributed by atoms with Crippen molar-refractivity contribution >= 4 is 51.7 Å². The number of carbonyl (C=O) groups is 5. The molecule has 3 N–H and O–H groups in total. The van der Waals surface area contributed by atoms with Crippen LogP contribution in [0.5, 0.6) is 0 Å². The molecule has 0 atom stereocenters. The van der Waals surface area contributed by atoms with Crippen LogP contribution in [0, 0.1) is 0 Å². The molecule has 3 aromatic carbocycles. The Morgan fingerprint density at radius 1 is 0.720 bits per heavy atom. The summed E-state index contributed by atoms with van der Waals surface area (Å²) in [5.41, 5.74) is 6.06. The highest BCUT2D eigenvalue weighted by atomic mass is 32.1. The summed E-state index contributed by atoms with van der Waals surface area (Å²) in [5, 5.41) is 9.39. The van der Waals surface area contributed by atoms with Crippen molar-refractivity contribution in [2.24, 2.45) is 0 Å². The van der Waals surface area contributed by atoms with Crippen LogP contribution in [-0.4, -0.2) is 43.9 Å². The van der Waals surface area contributed by atoms with Crippen LogP contribution in [0.3, 0.4) is 0 Å². The number of nitrogens with one attached hydrogen (secondary N) is 3.